The first-order valence-corrected chi connectivity index (χ1v) is 6.21. The number of thiazole rings is 1. The number of nitrogens with zero attached hydrogens (tertiary/aromatic N) is 1. The Labute approximate surface area is 95.9 Å². The molecule has 0 saturated heterocycles. The largest absolute Gasteiger partial charge is 0.368 e. The summed E-state index contributed by atoms with van der Waals surface area (Å²) < 4.78 is 5.78. The Hall–Kier alpha value is -0.450. The molecule has 0 bridgehead atoms. The number of nitrogens with one attached hydrogen (secondary N) is 1. The van der Waals surface area contributed by atoms with E-state index in [0.717, 1.165) is 24.6 Å². The van der Waals surface area contributed by atoms with Crippen LogP contribution < -0.4 is 5.32 Å². The van der Waals surface area contributed by atoms with Gasteiger partial charge in [0.1, 0.15) is 10.6 Å². The minimum atomic E-state index is -0.217. The molecule has 0 aliphatic carbocycles. The molecule has 0 radical (unpaired) electrons. The average molecular weight is 228 g/mol. The molecule has 0 fully saturated rings. The van der Waals surface area contributed by atoms with E-state index >= 15 is 0 Å². The smallest absolute Gasteiger partial charge is 0.125 e. The van der Waals surface area contributed by atoms with Crippen molar-refractivity contribution in [3.8, 4) is 0 Å². The van der Waals surface area contributed by atoms with Crippen LogP contribution in [0.15, 0.2) is 6.20 Å². The Bertz CT molecular complexity index is 301. The van der Waals surface area contributed by atoms with Gasteiger partial charge >= 0.3 is 0 Å². The summed E-state index contributed by atoms with van der Waals surface area (Å²) in [4.78, 5) is 5.71. The van der Waals surface area contributed by atoms with Crippen molar-refractivity contribution in [3.63, 3.8) is 0 Å². The molecule has 0 amide bonds. The van der Waals surface area contributed by atoms with Gasteiger partial charge < -0.3 is 10.1 Å². The summed E-state index contributed by atoms with van der Waals surface area (Å²) in [6, 6.07) is 0. The van der Waals surface area contributed by atoms with E-state index in [4.69, 9.17) is 4.74 Å². The van der Waals surface area contributed by atoms with Crippen LogP contribution in [0.3, 0.4) is 0 Å². The molecule has 1 aromatic rings. The molecular formula is C11H20N2OS. The van der Waals surface area contributed by atoms with Crippen molar-refractivity contribution in [2.45, 2.75) is 39.3 Å². The van der Waals surface area contributed by atoms with Crippen molar-refractivity contribution in [3.05, 3.63) is 16.1 Å². The fourth-order valence-electron chi connectivity index (χ4n) is 1.44. The maximum absolute atomic E-state index is 5.78. The highest BCUT2D eigenvalue weighted by molar-refractivity contribution is 7.11. The maximum atomic E-state index is 5.78. The number of aromatic nitrogens is 1. The second-order valence-electron chi connectivity index (χ2n) is 3.68. The normalized spacial score (nSPS) is 15.2. The second kappa shape index (κ2) is 5.58. The summed E-state index contributed by atoms with van der Waals surface area (Å²) in [5, 5.41) is 4.21. The summed E-state index contributed by atoms with van der Waals surface area (Å²) >= 11 is 1.73. The number of hydrogen-bond acceptors (Lipinski definition) is 4. The quantitative estimate of drug-likeness (QED) is 0.812. The monoisotopic (exact) mass is 228 g/mol. The van der Waals surface area contributed by atoms with Crippen molar-refractivity contribution in [2.75, 3.05) is 13.7 Å². The van der Waals surface area contributed by atoms with Gasteiger partial charge in [-0.2, -0.15) is 0 Å². The van der Waals surface area contributed by atoms with E-state index in [1.54, 1.807) is 11.3 Å². The zero-order valence-electron chi connectivity index (χ0n) is 9.96. The van der Waals surface area contributed by atoms with Crippen LogP contribution in [0.1, 0.15) is 37.1 Å². The first-order chi connectivity index (χ1) is 7.16. The van der Waals surface area contributed by atoms with Crippen LogP contribution in [0.2, 0.25) is 0 Å². The van der Waals surface area contributed by atoms with Crippen molar-refractivity contribution >= 4 is 11.3 Å². The molecule has 1 heterocycles. The van der Waals surface area contributed by atoms with Gasteiger partial charge in [0.15, 0.2) is 0 Å². The highest BCUT2D eigenvalue weighted by Crippen LogP contribution is 2.32. The topological polar surface area (TPSA) is 34.1 Å². The summed E-state index contributed by atoms with van der Waals surface area (Å²) in [7, 11) is 1.95. The molecule has 1 aromatic heterocycles. The molecule has 86 valence electrons. The van der Waals surface area contributed by atoms with Crippen LogP contribution in [-0.2, 0) is 16.9 Å². The van der Waals surface area contributed by atoms with E-state index in [2.05, 4.69) is 24.1 Å². The molecule has 4 heteroatoms. The van der Waals surface area contributed by atoms with E-state index in [1.165, 1.54) is 4.88 Å². The van der Waals surface area contributed by atoms with Gasteiger partial charge in [-0.3, -0.25) is 0 Å². The summed E-state index contributed by atoms with van der Waals surface area (Å²) in [6.45, 7) is 7.87. The molecule has 3 nitrogen and oxygen atoms in total. The van der Waals surface area contributed by atoms with Crippen molar-refractivity contribution in [1.82, 2.24) is 10.3 Å². The van der Waals surface area contributed by atoms with Gasteiger partial charge in [-0.05, 0) is 27.3 Å². The third-order valence-electron chi connectivity index (χ3n) is 2.49. The van der Waals surface area contributed by atoms with Crippen LogP contribution in [0.4, 0.5) is 0 Å². The molecule has 1 atom stereocenters. The number of hydrogen-bond donors (Lipinski definition) is 1. The van der Waals surface area contributed by atoms with Gasteiger partial charge in [0, 0.05) is 24.2 Å². The van der Waals surface area contributed by atoms with Crippen LogP contribution in [0.25, 0.3) is 0 Å². The minimum Gasteiger partial charge on any atom is -0.368 e. The first-order valence-electron chi connectivity index (χ1n) is 5.40. The van der Waals surface area contributed by atoms with E-state index in [9.17, 15) is 0 Å². The van der Waals surface area contributed by atoms with Gasteiger partial charge in [-0.1, -0.05) is 6.92 Å². The molecule has 0 spiro atoms. The Morgan fingerprint density at radius 2 is 2.27 bits per heavy atom. The SMILES string of the molecule is CCOC(C)(CC)c1ncc(CNC)s1. The molecule has 0 aliphatic rings. The summed E-state index contributed by atoms with van der Waals surface area (Å²) in [5.41, 5.74) is -0.217. The predicted octanol–water partition coefficient (Wildman–Crippen LogP) is 2.52. The summed E-state index contributed by atoms with van der Waals surface area (Å²) in [6.07, 6.45) is 2.89. The molecule has 0 saturated carbocycles. The van der Waals surface area contributed by atoms with E-state index in [-0.39, 0.29) is 5.60 Å². The lowest BCUT2D eigenvalue weighted by Crippen LogP contribution is -2.24. The van der Waals surface area contributed by atoms with Crippen molar-refractivity contribution in [2.24, 2.45) is 0 Å². The molecule has 0 aliphatic heterocycles. The van der Waals surface area contributed by atoms with E-state index < -0.39 is 0 Å². The summed E-state index contributed by atoms with van der Waals surface area (Å²) in [5.74, 6) is 0. The molecule has 15 heavy (non-hydrogen) atoms. The average Bonchev–Trinajstić information content (AvgIpc) is 2.68. The molecule has 1 unspecified atom stereocenters. The van der Waals surface area contributed by atoms with E-state index in [0.29, 0.717) is 0 Å². The van der Waals surface area contributed by atoms with Crippen LogP contribution in [0.5, 0.6) is 0 Å². The predicted molar refractivity (Wildman–Crippen MR) is 64.1 cm³/mol. The number of rotatable bonds is 6. The van der Waals surface area contributed by atoms with Crippen LogP contribution in [0, 0.1) is 0 Å². The molecule has 1 rings (SSSR count). The fraction of sp³-hybridized carbons (Fsp3) is 0.727. The zero-order valence-corrected chi connectivity index (χ0v) is 10.8. The standard InChI is InChI=1S/C11H20N2OS/c1-5-11(3,14-6-2)10-13-8-9(15-10)7-12-4/h8,12H,5-7H2,1-4H3. The lowest BCUT2D eigenvalue weighted by Gasteiger charge is -2.25. The van der Waals surface area contributed by atoms with E-state index in [1.807, 2.05) is 20.2 Å². The maximum Gasteiger partial charge on any atom is 0.125 e. The highest BCUT2D eigenvalue weighted by Gasteiger charge is 2.28. The van der Waals surface area contributed by atoms with Crippen molar-refractivity contribution in [1.29, 1.82) is 0 Å². The Morgan fingerprint density at radius 3 is 2.80 bits per heavy atom. The molecular weight excluding hydrogens is 208 g/mol. The number of ether oxygens (including phenoxy) is 1. The fourth-order valence-corrected chi connectivity index (χ4v) is 2.54. The lowest BCUT2D eigenvalue weighted by atomic mass is 10.1. The Morgan fingerprint density at radius 1 is 1.53 bits per heavy atom. The zero-order chi connectivity index (χ0) is 11.3. The van der Waals surface area contributed by atoms with Gasteiger partial charge in [-0.25, -0.2) is 4.98 Å². The Balaban J connectivity index is 2.82. The highest BCUT2D eigenvalue weighted by atomic mass is 32.1. The van der Waals surface area contributed by atoms with Crippen LogP contribution >= 0.6 is 11.3 Å². The third-order valence-corrected chi connectivity index (χ3v) is 3.74. The van der Waals surface area contributed by atoms with Gasteiger partial charge in [0.25, 0.3) is 0 Å². The minimum absolute atomic E-state index is 0.217. The third kappa shape index (κ3) is 3.00. The van der Waals surface area contributed by atoms with Crippen molar-refractivity contribution < 1.29 is 4.74 Å². The van der Waals surface area contributed by atoms with Gasteiger partial charge in [-0.15, -0.1) is 11.3 Å². The molecule has 0 aromatic carbocycles. The lowest BCUT2D eigenvalue weighted by molar-refractivity contribution is -0.0324. The second-order valence-corrected chi connectivity index (χ2v) is 4.79. The van der Waals surface area contributed by atoms with Crippen LogP contribution in [-0.4, -0.2) is 18.6 Å². The molecule has 1 N–H and O–H groups in total. The Kier molecular flexibility index (Phi) is 4.70. The van der Waals surface area contributed by atoms with Gasteiger partial charge in [0.2, 0.25) is 0 Å². The first kappa shape index (κ1) is 12.6. The van der Waals surface area contributed by atoms with Gasteiger partial charge in [0.05, 0.1) is 0 Å².